The summed E-state index contributed by atoms with van der Waals surface area (Å²) in [4.78, 5) is 11.9. The number of amides is 1. The van der Waals surface area contributed by atoms with Gasteiger partial charge in [-0.1, -0.05) is 18.2 Å². The molecule has 19 heavy (non-hydrogen) atoms. The van der Waals surface area contributed by atoms with Crippen LogP contribution < -0.4 is 5.32 Å². The van der Waals surface area contributed by atoms with Crippen molar-refractivity contribution in [3.05, 3.63) is 34.9 Å². The third-order valence-electron chi connectivity index (χ3n) is 3.53. The first-order chi connectivity index (χ1) is 8.85. The SMILES string of the molecule is Cc1ccc(CC(=O)NC2CCS(=O)(=O)C2)cc1C. The molecule has 1 fully saturated rings. The molecular formula is C14H19NO3S. The van der Waals surface area contributed by atoms with Gasteiger partial charge in [0, 0.05) is 6.04 Å². The highest BCUT2D eigenvalue weighted by Crippen LogP contribution is 2.13. The molecule has 1 atom stereocenters. The summed E-state index contributed by atoms with van der Waals surface area (Å²) in [6.07, 6.45) is 0.832. The monoisotopic (exact) mass is 281 g/mol. The first-order valence-electron chi connectivity index (χ1n) is 6.42. The fourth-order valence-corrected chi connectivity index (χ4v) is 3.96. The summed E-state index contributed by atoms with van der Waals surface area (Å²) in [5.41, 5.74) is 3.32. The van der Waals surface area contributed by atoms with Crippen molar-refractivity contribution in [1.29, 1.82) is 0 Å². The molecule has 0 radical (unpaired) electrons. The van der Waals surface area contributed by atoms with Gasteiger partial charge in [0.2, 0.25) is 5.91 Å². The molecule has 0 aromatic heterocycles. The predicted molar refractivity (Wildman–Crippen MR) is 74.8 cm³/mol. The second kappa shape index (κ2) is 5.33. The van der Waals surface area contributed by atoms with Crippen molar-refractivity contribution in [1.82, 2.24) is 5.32 Å². The van der Waals surface area contributed by atoms with E-state index < -0.39 is 9.84 Å². The lowest BCUT2D eigenvalue weighted by Crippen LogP contribution is -2.36. The maximum Gasteiger partial charge on any atom is 0.224 e. The van der Waals surface area contributed by atoms with E-state index in [0.717, 1.165) is 11.1 Å². The van der Waals surface area contributed by atoms with Gasteiger partial charge in [0.1, 0.15) is 0 Å². The van der Waals surface area contributed by atoms with Crippen LogP contribution in [0.4, 0.5) is 0 Å². The largest absolute Gasteiger partial charge is 0.352 e. The van der Waals surface area contributed by atoms with Crippen LogP contribution in [0.15, 0.2) is 18.2 Å². The normalized spacial score (nSPS) is 21.3. The molecule has 104 valence electrons. The number of rotatable bonds is 3. The molecule has 0 saturated carbocycles. The van der Waals surface area contributed by atoms with Crippen LogP contribution in [0, 0.1) is 13.8 Å². The van der Waals surface area contributed by atoms with E-state index in [1.165, 1.54) is 5.56 Å². The number of carbonyl (C=O) groups excluding carboxylic acids is 1. The molecule has 1 amide bonds. The highest BCUT2D eigenvalue weighted by molar-refractivity contribution is 7.91. The molecule has 5 heteroatoms. The molecule has 0 bridgehead atoms. The Hall–Kier alpha value is -1.36. The smallest absolute Gasteiger partial charge is 0.224 e. The fraction of sp³-hybridized carbons (Fsp3) is 0.500. The molecule has 1 aliphatic heterocycles. The van der Waals surface area contributed by atoms with Crippen molar-refractivity contribution in [3.8, 4) is 0 Å². The van der Waals surface area contributed by atoms with Crippen LogP contribution in [0.25, 0.3) is 0 Å². The molecule has 1 aromatic rings. The first-order valence-corrected chi connectivity index (χ1v) is 8.24. The van der Waals surface area contributed by atoms with Gasteiger partial charge in [-0.3, -0.25) is 4.79 Å². The molecule has 1 aliphatic rings. The van der Waals surface area contributed by atoms with Crippen molar-refractivity contribution < 1.29 is 13.2 Å². The van der Waals surface area contributed by atoms with E-state index in [1.54, 1.807) is 0 Å². The summed E-state index contributed by atoms with van der Waals surface area (Å²) in [5.74, 6) is 0.151. The topological polar surface area (TPSA) is 63.2 Å². The molecule has 1 heterocycles. The average molecular weight is 281 g/mol. The number of hydrogen-bond donors (Lipinski definition) is 1. The molecule has 2 rings (SSSR count). The van der Waals surface area contributed by atoms with E-state index in [1.807, 2.05) is 32.0 Å². The molecule has 1 unspecified atom stereocenters. The number of sulfone groups is 1. The Balaban J connectivity index is 1.93. The van der Waals surface area contributed by atoms with Crippen molar-refractivity contribution >= 4 is 15.7 Å². The lowest BCUT2D eigenvalue weighted by Gasteiger charge is -2.11. The first kappa shape index (κ1) is 14.1. The van der Waals surface area contributed by atoms with Gasteiger partial charge in [0.05, 0.1) is 17.9 Å². The molecule has 0 spiro atoms. The molecule has 1 saturated heterocycles. The van der Waals surface area contributed by atoms with E-state index >= 15 is 0 Å². The van der Waals surface area contributed by atoms with Gasteiger partial charge < -0.3 is 5.32 Å². The summed E-state index contributed by atoms with van der Waals surface area (Å²) in [7, 11) is -2.94. The van der Waals surface area contributed by atoms with Crippen molar-refractivity contribution in [2.75, 3.05) is 11.5 Å². The van der Waals surface area contributed by atoms with Crippen LogP contribution in [0.3, 0.4) is 0 Å². The zero-order valence-electron chi connectivity index (χ0n) is 11.3. The van der Waals surface area contributed by atoms with E-state index in [2.05, 4.69) is 5.32 Å². The van der Waals surface area contributed by atoms with Crippen LogP contribution >= 0.6 is 0 Å². The van der Waals surface area contributed by atoms with E-state index in [0.29, 0.717) is 12.8 Å². The zero-order valence-corrected chi connectivity index (χ0v) is 12.1. The lowest BCUT2D eigenvalue weighted by atomic mass is 10.0. The van der Waals surface area contributed by atoms with Crippen molar-refractivity contribution in [2.24, 2.45) is 0 Å². The maximum absolute atomic E-state index is 11.9. The number of aryl methyl sites for hydroxylation is 2. The quantitative estimate of drug-likeness (QED) is 0.904. The Morgan fingerprint density at radius 3 is 2.63 bits per heavy atom. The third kappa shape index (κ3) is 3.80. The Kier molecular flexibility index (Phi) is 3.94. The van der Waals surface area contributed by atoms with E-state index in [-0.39, 0.29) is 23.5 Å². The number of benzene rings is 1. The zero-order chi connectivity index (χ0) is 14.0. The second-order valence-electron chi connectivity index (χ2n) is 5.26. The van der Waals surface area contributed by atoms with E-state index in [4.69, 9.17) is 0 Å². The molecule has 1 N–H and O–H groups in total. The van der Waals surface area contributed by atoms with Gasteiger partial charge in [-0.25, -0.2) is 8.42 Å². The van der Waals surface area contributed by atoms with Crippen LogP contribution in [0.5, 0.6) is 0 Å². The molecule has 4 nitrogen and oxygen atoms in total. The maximum atomic E-state index is 11.9. The van der Waals surface area contributed by atoms with Crippen LogP contribution in [-0.2, 0) is 21.1 Å². The van der Waals surface area contributed by atoms with E-state index in [9.17, 15) is 13.2 Å². The van der Waals surface area contributed by atoms with Gasteiger partial charge in [0.25, 0.3) is 0 Å². The summed E-state index contributed by atoms with van der Waals surface area (Å²) in [6.45, 7) is 4.04. The molecular weight excluding hydrogens is 262 g/mol. The fourth-order valence-electron chi connectivity index (χ4n) is 2.29. The minimum Gasteiger partial charge on any atom is -0.352 e. The van der Waals surface area contributed by atoms with Crippen molar-refractivity contribution in [3.63, 3.8) is 0 Å². The van der Waals surface area contributed by atoms with Crippen LogP contribution in [0.2, 0.25) is 0 Å². The Labute approximate surface area is 114 Å². The van der Waals surface area contributed by atoms with Gasteiger partial charge in [-0.05, 0) is 37.0 Å². The molecule has 1 aromatic carbocycles. The van der Waals surface area contributed by atoms with Crippen LogP contribution in [-0.4, -0.2) is 31.9 Å². The minimum absolute atomic E-state index is 0.0751. The summed E-state index contributed by atoms with van der Waals surface area (Å²) >= 11 is 0. The number of carbonyl (C=O) groups is 1. The Morgan fingerprint density at radius 2 is 2.05 bits per heavy atom. The molecule has 0 aliphatic carbocycles. The Morgan fingerprint density at radius 1 is 1.32 bits per heavy atom. The second-order valence-corrected chi connectivity index (χ2v) is 7.49. The van der Waals surface area contributed by atoms with Gasteiger partial charge in [-0.15, -0.1) is 0 Å². The average Bonchev–Trinajstić information content (AvgIpc) is 2.63. The minimum atomic E-state index is -2.94. The van der Waals surface area contributed by atoms with Gasteiger partial charge in [0.15, 0.2) is 9.84 Å². The lowest BCUT2D eigenvalue weighted by molar-refractivity contribution is -0.120. The van der Waals surface area contributed by atoms with Crippen molar-refractivity contribution in [2.45, 2.75) is 32.7 Å². The van der Waals surface area contributed by atoms with Gasteiger partial charge >= 0.3 is 0 Å². The third-order valence-corrected chi connectivity index (χ3v) is 5.30. The number of nitrogens with one attached hydrogen (secondary N) is 1. The predicted octanol–water partition coefficient (Wildman–Crippen LogP) is 1.15. The van der Waals surface area contributed by atoms with Gasteiger partial charge in [-0.2, -0.15) is 0 Å². The highest BCUT2D eigenvalue weighted by Gasteiger charge is 2.28. The summed E-state index contributed by atoms with van der Waals surface area (Å²) in [6, 6.07) is 5.72. The summed E-state index contributed by atoms with van der Waals surface area (Å²) < 4.78 is 22.6. The van der Waals surface area contributed by atoms with Crippen LogP contribution in [0.1, 0.15) is 23.1 Å². The highest BCUT2D eigenvalue weighted by atomic mass is 32.2. The standard InChI is InChI=1S/C14H19NO3S/c1-10-3-4-12(7-11(10)2)8-14(16)15-13-5-6-19(17,18)9-13/h3-4,7,13H,5-6,8-9H2,1-2H3,(H,15,16). The summed E-state index contributed by atoms with van der Waals surface area (Å²) in [5, 5.41) is 2.80. The Bertz CT molecular complexity index is 593. The number of hydrogen-bond acceptors (Lipinski definition) is 3.